The fourth-order valence-corrected chi connectivity index (χ4v) is 2.91. The van der Waals surface area contributed by atoms with E-state index in [0.29, 0.717) is 12.3 Å². The third-order valence-electron chi connectivity index (χ3n) is 4.60. The van der Waals surface area contributed by atoms with Gasteiger partial charge in [-0.2, -0.15) is 5.26 Å². The number of carbonyl (C=O) groups excluding carboxylic acids is 2. The lowest BCUT2D eigenvalue weighted by Gasteiger charge is -2.22. The molecule has 2 rings (SSSR count). The van der Waals surface area contributed by atoms with Crippen LogP contribution in [0.2, 0.25) is 0 Å². The summed E-state index contributed by atoms with van der Waals surface area (Å²) >= 11 is 0. The molecule has 6 heteroatoms. The van der Waals surface area contributed by atoms with Gasteiger partial charge in [0.05, 0.1) is 17.9 Å². The van der Waals surface area contributed by atoms with Crippen LogP contribution in [-0.2, 0) is 14.9 Å². The minimum atomic E-state index is -0.614. The van der Waals surface area contributed by atoms with Gasteiger partial charge in [0.15, 0.2) is 0 Å². The predicted octanol–water partition coefficient (Wildman–Crippen LogP) is 5.40. The molecule has 0 aromatic heterocycles. The molecule has 6 nitrogen and oxygen atoms in total. The maximum atomic E-state index is 12.7. The fourth-order valence-electron chi connectivity index (χ4n) is 2.91. The molecule has 2 aromatic carbocycles. The molecule has 0 saturated carbocycles. The van der Waals surface area contributed by atoms with Crippen LogP contribution >= 0.6 is 0 Å². The van der Waals surface area contributed by atoms with Crippen LogP contribution in [0.25, 0.3) is 0 Å². The van der Waals surface area contributed by atoms with Crippen LogP contribution in [0.1, 0.15) is 56.5 Å². The second kappa shape index (κ2) is 11.0. The molecule has 1 amide bonds. The molecule has 0 fully saturated rings. The largest absolute Gasteiger partial charge is 0.462 e. The molecule has 0 heterocycles. The summed E-state index contributed by atoms with van der Waals surface area (Å²) in [6.45, 7) is 8.59. The Balaban J connectivity index is 2.18. The molecule has 0 bridgehead atoms. The van der Waals surface area contributed by atoms with Gasteiger partial charge < -0.3 is 15.4 Å². The average Bonchev–Trinajstić information content (AvgIpc) is 2.74. The molecule has 0 spiro atoms. The number of para-hydroxylation sites is 2. The van der Waals surface area contributed by atoms with E-state index in [0.717, 1.165) is 24.1 Å². The first kappa shape index (κ1) is 23.7. The SMILES string of the molecule is CCCCOC(=O)c1ccccc1NC(=O)/C(C#N)=C\Nc1ccccc1C(C)(C)C. The number of hydrogen-bond donors (Lipinski definition) is 2. The van der Waals surface area contributed by atoms with E-state index in [1.807, 2.05) is 37.3 Å². The van der Waals surface area contributed by atoms with Crippen molar-refractivity contribution in [3.8, 4) is 6.07 Å². The normalized spacial score (nSPS) is 11.4. The summed E-state index contributed by atoms with van der Waals surface area (Å²) in [4.78, 5) is 25.0. The van der Waals surface area contributed by atoms with Gasteiger partial charge in [0.2, 0.25) is 0 Å². The van der Waals surface area contributed by atoms with E-state index in [4.69, 9.17) is 4.74 Å². The highest BCUT2D eigenvalue weighted by Gasteiger charge is 2.19. The lowest BCUT2D eigenvalue weighted by Crippen LogP contribution is -2.18. The van der Waals surface area contributed by atoms with Crippen molar-refractivity contribution < 1.29 is 14.3 Å². The highest BCUT2D eigenvalue weighted by Crippen LogP contribution is 2.29. The highest BCUT2D eigenvalue weighted by molar-refractivity contribution is 6.09. The first-order valence-electron chi connectivity index (χ1n) is 10.3. The molecule has 2 aromatic rings. The van der Waals surface area contributed by atoms with Gasteiger partial charge in [-0.15, -0.1) is 0 Å². The number of carbonyl (C=O) groups is 2. The van der Waals surface area contributed by atoms with Crippen molar-refractivity contribution in [3.05, 3.63) is 71.4 Å². The first-order chi connectivity index (χ1) is 14.8. The van der Waals surface area contributed by atoms with Crippen LogP contribution in [0.15, 0.2) is 60.3 Å². The number of benzene rings is 2. The number of esters is 1. The van der Waals surface area contributed by atoms with Gasteiger partial charge in [-0.3, -0.25) is 4.79 Å². The molecule has 0 aliphatic rings. The molecular weight excluding hydrogens is 390 g/mol. The minimum absolute atomic E-state index is 0.108. The molecule has 162 valence electrons. The van der Waals surface area contributed by atoms with Gasteiger partial charge in [0.25, 0.3) is 5.91 Å². The quantitative estimate of drug-likeness (QED) is 0.259. The maximum Gasteiger partial charge on any atom is 0.340 e. The number of hydrogen-bond acceptors (Lipinski definition) is 5. The van der Waals surface area contributed by atoms with Gasteiger partial charge in [-0.05, 0) is 35.6 Å². The maximum absolute atomic E-state index is 12.7. The van der Waals surface area contributed by atoms with E-state index in [9.17, 15) is 14.9 Å². The van der Waals surface area contributed by atoms with Crippen LogP contribution in [0, 0.1) is 11.3 Å². The summed E-state index contributed by atoms with van der Waals surface area (Å²) in [7, 11) is 0. The summed E-state index contributed by atoms with van der Waals surface area (Å²) in [5.41, 5.74) is 2.20. The Morgan fingerprint density at radius 3 is 2.35 bits per heavy atom. The number of rotatable bonds is 8. The number of unbranched alkanes of at least 4 members (excludes halogenated alkanes) is 1. The summed E-state index contributed by atoms with van der Waals surface area (Å²) in [5.74, 6) is -1.12. The van der Waals surface area contributed by atoms with Gasteiger partial charge in [0.1, 0.15) is 11.6 Å². The summed E-state index contributed by atoms with van der Waals surface area (Å²) in [6, 6.07) is 16.2. The van der Waals surface area contributed by atoms with Gasteiger partial charge in [0, 0.05) is 11.9 Å². The molecule has 0 unspecified atom stereocenters. The van der Waals surface area contributed by atoms with E-state index in [-0.39, 0.29) is 16.6 Å². The molecular formula is C25H29N3O3. The number of nitrogens with one attached hydrogen (secondary N) is 2. The van der Waals surface area contributed by atoms with Crippen LogP contribution < -0.4 is 10.6 Å². The van der Waals surface area contributed by atoms with Gasteiger partial charge in [-0.25, -0.2) is 4.79 Å². The van der Waals surface area contributed by atoms with E-state index in [1.54, 1.807) is 24.3 Å². The van der Waals surface area contributed by atoms with E-state index in [2.05, 4.69) is 31.4 Å². The van der Waals surface area contributed by atoms with Crippen molar-refractivity contribution >= 4 is 23.3 Å². The molecule has 31 heavy (non-hydrogen) atoms. The smallest absolute Gasteiger partial charge is 0.340 e. The lowest BCUT2D eigenvalue weighted by atomic mass is 9.86. The second-order valence-electron chi connectivity index (χ2n) is 8.10. The Morgan fingerprint density at radius 1 is 1.06 bits per heavy atom. The molecule has 0 aliphatic heterocycles. The Bertz CT molecular complexity index is 998. The predicted molar refractivity (Wildman–Crippen MR) is 123 cm³/mol. The summed E-state index contributed by atoms with van der Waals surface area (Å²) in [5, 5.41) is 15.2. The van der Waals surface area contributed by atoms with Crippen molar-refractivity contribution in [3.63, 3.8) is 0 Å². The van der Waals surface area contributed by atoms with E-state index in [1.165, 1.54) is 6.20 Å². The topological polar surface area (TPSA) is 91.2 Å². The Hall–Kier alpha value is -3.59. The third-order valence-corrected chi connectivity index (χ3v) is 4.60. The van der Waals surface area contributed by atoms with E-state index >= 15 is 0 Å². The van der Waals surface area contributed by atoms with Crippen LogP contribution in [0.5, 0.6) is 0 Å². The van der Waals surface area contributed by atoms with Crippen molar-refractivity contribution in [1.29, 1.82) is 5.26 Å². The van der Waals surface area contributed by atoms with E-state index < -0.39 is 11.9 Å². The highest BCUT2D eigenvalue weighted by atomic mass is 16.5. The molecule has 0 radical (unpaired) electrons. The molecule has 0 atom stereocenters. The zero-order chi connectivity index (χ0) is 22.9. The number of amides is 1. The number of nitrogens with zero attached hydrogens (tertiary/aromatic N) is 1. The summed E-state index contributed by atoms with van der Waals surface area (Å²) in [6.07, 6.45) is 3.05. The van der Waals surface area contributed by atoms with Crippen molar-refractivity contribution in [2.24, 2.45) is 0 Å². The number of anilines is 2. The van der Waals surface area contributed by atoms with Crippen LogP contribution in [0.4, 0.5) is 11.4 Å². The Kier molecular flexibility index (Phi) is 8.39. The molecule has 0 saturated heterocycles. The second-order valence-corrected chi connectivity index (χ2v) is 8.10. The first-order valence-corrected chi connectivity index (χ1v) is 10.3. The van der Waals surface area contributed by atoms with Crippen LogP contribution in [-0.4, -0.2) is 18.5 Å². The Morgan fingerprint density at radius 2 is 1.71 bits per heavy atom. The summed E-state index contributed by atoms with van der Waals surface area (Å²) < 4.78 is 5.25. The minimum Gasteiger partial charge on any atom is -0.462 e. The van der Waals surface area contributed by atoms with Crippen molar-refractivity contribution in [2.45, 2.75) is 46.0 Å². The number of nitriles is 1. The lowest BCUT2D eigenvalue weighted by molar-refractivity contribution is -0.112. The number of ether oxygens (including phenoxy) is 1. The zero-order valence-corrected chi connectivity index (χ0v) is 18.5. The molecule has 0 aliphatic carbocycles. The van der Waals surface area contributed by atoms with Crippen molar-refractivity contribution in [1.82, 2.24) is 0 Å². The average molecular weight is 420 g/mol. The third kappa shape index (κ3) is 6.71. The van der Waals surface area contributed by atoms with Gasteiger partial charge >= 0.3 is 5.97 Å². The van der Waals surface area contributed by atoms with Crippen molar-refractivity contribution in [2.75, 3.05) is 17.2 Å². The standard InChI is InChI=1S/C25H29N3O3/c1-5-6-15-31-24(30)19-11-7-9-13-21(19)28-23(29)18(16-26)17-27-22-14-10-8-12-20(22)25(2,3)4/h7-14,17,27H,5-6,15H2,1-4H3,(H,28,29)/b18-17-. The molecule has 2 N–H and O–H groups in total. The Labute approximate surface area is 183 Å². The van der Waals surface area contributed by atoms with Crippen LogP contribution in [0.3, 0.4) is 0 Å². The zero-order valence-electron chi connectivity index (χ0n) is 18.5. The fraction of sp³-hybridized carbons (Fsp3) is 0.320. The monoisotopic (exact) mass is 419 g/mol. The van der Waals surface area contributed by atoms with Gasteiger partial charge in [-0.1, -0.05) is 64.4 Å².